The van der Waals surface area contributed by atoms with E-state index in [4.69, 9.17) is 9.05 Å². The van der Waals surface area contributed by atoms with E-state index in [1.165, 1.54) is 7.11 Å². The summed E-state index contributed by atoms with van der Waals surface area (Å²) in [5.41, 5.74) is 0. The predicted molar refractivity (Wildman–Crippen MR) is 55.3 cm³/mol. The number of hydrogen-bond acceptors (Lipinski definition) is 3. The Hall–Kier alpha value is 0.150. The predicted octanol–water partition coefficient (Wildman–Crippen LogP) is 3.44. The highest BCUT2D eigenvalue weighted by atomic mass is 31.2. The van der Waals surface area contributed by atoms with E-state index in [2.05, 4.69) is 13.8 Å². The van der Waals surface area contributed by atoms with E-state index in [9.17, 15) is 4.57 Å². The second-order valence-electron chi connectivity index (χ2n) is 3.06. The van der Waals surface area contributed by atoms with Gasteiger partial charge in [-0.25, -0.2) is 0 Å². The Morgan fingerprint density at radius 2 is 1.77 bits per heavy atom. The van der Waals surface area contributed by atoms with Crippen LogP contribution in [-0.4, -0.2) is 19.9 Å². The van der Waals surface area contributed by atoms with Crippen molar-refractivity contribution in [3.05, 3.63) is 0 Å². The lowest BCUT2D eigenvalue weighted by Crippen LogP contribution is -1.99. The van der Waals surface area contributed by atoms with Crippen LogP contribution < -0.4 is 0 Å². The third-order valence-electron chi connectivity index (χ3n) is 1.85. The maximum atomic E-state index is 11.8. The molecular formula is C9H21O3P. The average Bonchev–Trinajstić information content (AvgIpc) is 2.15. The number of rotatable bonds is 8. The minimum absolute atomic E-state index is 0.545. The fourth-order valence-electron chi connectivity index (χ4n) is 0.908. The van der Waals surface area contributed by atoms with Crippen LogP contribution in [0.15, 0.2) is 0 Å². The minimum atomic E-state index is -2.75. The monoisotopic (exact) mass is 208 g/mol. The molecule has 4 heteroatoms. The first kappa shape index (κ1) is 13.2. The lowest BCUT2D eigenvalue weighted by atomic mass is 10.4. The van der Waals surface area contributed by atoms with E-state index < -0.39 is 7.60 Å². The van der Waals surface area contributed by atoms with Gasteiger partial charge < -0.3 is 9.05 Å². The van der Waals surface area contributed by atoms with Gasteiger partial charge in [0.15, 0.2) is 0 Å². The van der Waals surface area contributed by atoms with E-state index in [1.807, 2.05) is 0 Å². The molecule has 1 atom stereocenters. The van der Waals surface area contributed by atoms with Crippen LogP contribution >= 0.6 is 7.60 Å². The highest BCUT2D eigenvalue weighted by Gasteiger charge is 2.21. The zero-order valence-electron chi connectivity index (χ0n) is 8.91. The molecule has 13 heavy (non-hydrogen) atoms. The highest BCUT2D eigenvalue weighted by molar-refractivity contribution is 7.53. The van der Waals surface area contributed by atoms with Gasteiger partial charge in [-0.3, -0.25) is 4.57 Å². The average molecular weight is 208 g/mol. The normalized spacial score (nSPS) is 15.6. The Kier molecular flexibility index (Phi) is 7.63. The number of unbranched alkanes of at least 4 members (excludes halogenated alkanes) is 2. The van der Waals surface area contributed by atoms with Crippen molar-refractivity contribution in [1.82, 2.24) is 0 Å². The summed E-state index contributed by atoms with van der Waals surface area (Å²) in [6, 6.07) is 0. The molecule has 80 valence electrons. The van der Waals surface area contributed by atoms with Crippen LogP contribution in [0.1, 0.15) is 39.5 Å². The third kappa shape index (κ3) is 6.25. The molecule has 0 heterocycles. The SMILES string of the molecule is CCCCOP(=O)(CCCC)OC. The molecule has 0 spiro atoms. The molecule has 0 fully saturated rings. The molecule has 0 aliphatic rings. The Morgan fingerprint density at radius 1 is 1.15 bits per heavy atom. The van der Waals surface area contributed by atoms with Crippen LogP contribution in [0.5, 0.6) is 0 Å². The smallest absolute Gasteiger partial charge is 0.312 e. The maximum Gasteiger partial charge on any atom is 0.330 e. The van der Waals surface area contributed by atoms with E-state index in [0.717, 1.165) is 25.7 Å². The lowest BCUT2D eigenvalue weighted by Gasteiger charge is -2.15. The second kappa shape index (κ2) is 7.54. The van der Waals surface area contributed by atoms with Crippen molar-refractivity contribution in [2.45, 2.75) is 39.5 Å². The minimum Gasteiger partial charge on any atom is -0.312 e. The molecule has 0 aromatic rings. The van der Waals surface area contributed by atoms with Crippen molar-refractivity contribution in [1.29, 1.82) is 0 Å². The summed E-state index contributed by atoms with van der Waals surface area (Å²) in [5.74, 6) is 0. The van der Waals surface area contributed by atoms with Crippen molar-refractivity contribution in [2.75, 3.05) is 19.9 Å². The Balaban J connectivity index is 3.75. The molecule has 0 amide bonds. The first-order valence-corrected chi connectivity index (χ1v) is 6.70. The molecule has 0 saturated heterocycles. The molecule has 3 nitrogen and oxygen atoms in total. The topological polar surface area (TPSA) is 35.5 Å². The van der Waals surface area contributed by atoms with Crippen molar-refractivity contribution >= 4 is 7.60 Å². The van der Waals surface area contributed by atoms with Gasteiger partial charge in [0.25, 0.3) is 0 Å². The van der Waals surface area contributed by atoms with E-state index >= 15 is 0 Å². The second-order valence-corrected chi connectivity index (χ2v) is 5.35. The van der Waals surface area contributed by atoms with Gasteiger partial charge in [0.05, 0.1) is 12.8 Å². The maximum absolute atomic E-state index is 11.8. The van der Waals surface area contributed by atoms with Gasteiger partial charge in [-0.05, 0) is 12.8 Å². The van der Waals surface area contributed by atoms with Crippen molar-refractivity contribution in [2.24, 2.45) is 0 Å². The molecule has 0 aromatic heterocycles. The Labute approximate surface area is 81.3 Å². The van der Waals surface area contributed by atoms with Crippen LogP contribution in [0.3, 0.4) is 0 Å². The fourth-order valence-corrected chi connectivity index (χ4v) is 2.44. The molecule has 0 aliphatic carbocycles. The number of hydrogen-bond donors (Lipinski definition) is 0. The Morgan fingerprint density at radius 3 is 2.23 bits per heavy atom. The summed E-state index contributed by atoms with van der Waals surface area (Å²) in [6.07, 6.45) is 4.46. The highest BCUT2D eigenvalue weighted by Crippen LogP contribution is 2.48. The van der Waals surface area contributed by atoms with Gasteiger partial charge >= 0.3 is 7.60 Å². The molecule has 0 aliphatic heterocycles. The van der Waals surface area contributed by atoms with Crippen molar-refractivity contribution in [3.8, 4) is 0 Å². The molecule has 0 N–H and O–H groups in total. The van der Waals surface area contributed by atoms with E-state index in [0.29, 0.717) is 12.8 Å². The first-order valence-electron chi connectivity index (χ1n) is 4.98. The van der Waals surface area contributed by atoms with Gasteiger partial charge in [-0.15, -0.1) is 0 Å². The van der Waals surface area contributed by atoms with Gasteiger partial charge in [0.2, 0.25) is 0 Å². The molecule has 0 saturated carbocycles. The zero-order valence-corrected chi connectivity index (χ0v) is 9.81. The van der Waals surface area contributed by atoms with Crippen LogP contribution in [0.4, 0.5) is 0 Å². The molecule has 0 bridgehead atoms. The van der Waals surface area contributed by atoms with E-state index in [-0.39, 0.29) is 0 Å². The lowest BCUT2D eigenvalue weighted by molar-refractivity contribution is 0.230. The first-order chi connectivity index (χ1) is 6.18. The fraction of sp³-hybridized carbons (Fsp3) is 1.00. The van der Waals surface area contributed by atoms with E-state index in [1.54, 1.807) is 0 Å². The zero-order chi connectivity index (χ0) is 10.2. The molecular weight excluding hydrogens is 187 g/mol. The van der Waals surface area contributed by atoms with Gasteiger partial charge in [-0.2, -0.15) is 0 Å². The van der Waals surface area contributed by atoms with Crippen LogP contribution in [0, 0.1) is 0 Å². The summed E-state index contributed by atoms with van der Waals surface area (Å²) >= 11 is 0. The molecule has 0 aromatic carbocycles. The Bertz CT molecular complexity index is 159. The molecule has 0 radical (unpaired) electrons. The molecule has 0 rings (SSSR count). The quantitative estimate of drug-likeness (QED) is 0.452. The summed E-state index contributed by atoms with van der Waals surface area (Å²) in [4.78, 5) is 0. The van der Waals surface area contributed by atoms with Crippen LogP contribution in [0.2, 0.25) is 0 Å². The third-order valence-corrected chi connectivity index (χ3v) is 3.85. The summed E-state index contributed by atoms with van der Waals surface area (Å²) < 4.78 is 21.9. The van der Waals surface area contributed by atoms with Crippen molar-refractivity contribution in [3.63, 3.8) is 0 Å². The standard InChI is InChI=1S/C9H21O3P/c1-4-6-8-12-13(10,11-3)9-7-5-2/h4-9H2,1-3H3. The van der Waals surface area contributed by atoms with Crippen LogP contribution in [0.25, 0.3) is 0 Å². The summed E-state index contributed by atoms with van der Waals surface area (Å²) in [7, 11) is -1.29. The van der Waals surface area contributed by atoms with Crippen molar-refractivity contribution < 1.29 is 13.6 Å². The van der Waals surface area contributed by atoms with Gasteiger partial charge in [0, 0.05) is 7.11 Å². The van der Waals surface area contributed by atoms with Crippen LogP contribution in [-0.2, 0) is 13.6 Å². The largest absolute Gasteiger partial charge is 0.330 e. The van der Waals surface area contributed by atoms with Gasteiger partial charge in [0.1, 0.15) is 0 Å². The molecule has 1 unspecified atom stereocenters. The summed E-state index contributed by atoms with van der Waals surface area (Å²) in [5, 5.41) is 0. The van der Waals surface area contributed by atoms with Gasteiger partial charge in [-0.1, -0.05) is 26.7 Å². The summed E-state index contributed by atoms with van der Waals surface area (Å²) in [6.45, 7) is 4.69.